The quantitative estimate of drug-likeness (QED) is 0.835. The van der Waals surface area contributed by atoms with E-state index in [0.717, 1.165) is 37.8 Å². The Morgan fingerprint density at radius 2 is 2.12 bits per heavy atom. The molecule has 0 saturated carbocycles. The predicted molar refractivity (Wildman–Crippen MR) is 93.6 cm³/mol. The van der Waals surface area contributed by atoms with Crippen molar-refractivity contribution in [1.82, 2.24) is 14.8 Å². The van der Waals surface area contributed by atoms with E-state index >= 15 is 0 Å². The van der Waals surface area contributed by atoms with Crippen molar-refractivity contribution in [3.63, 3.8) is 0 Å². The van der Waals surface area contributed by atoms with Gasteiger partial charge in [0.05, 0.1) is 0 Å². The maximum atomic E-state index is 12.8. The number of rotatable bonds is 4. The molecule has 2 aliphatic rings. The maximum absolute atomic E-state index is 12.8. The largest absolute Gasteiger partial charge is 0.381 e. The molecule has 6 heteroatoms. The minimum Gasteiger partial charge on any atom is -0.381 e. The highest BCUT2D eigenvalue weighted by Crippen LogP contribution is 2.23. The van der Waals surface area contributed by atoms with E-state index in [1.165, 1.54) is 0 Å². The fraction of sp³-hybridized carbons (Fsp3) is 0.632. The molecule has 2 amide bonds. The molecular weight excluding hydrogens is 318 g/mol. The minimum atomic E-state index is 0.0502. The fourth-order valence-electron chi connectivity index (χ4n) is 3.80. The average Bonchev–Trinajstić information content (AvgIpc) is 2.67. The number of ether oxygens (including phenoxy) is 1. The van der Waals surface area contributed by atoms with Crippen molar-refractivity contribution in [3.8, 4) is 0 Å². The highest BCUT2D eigenvalue weighted by atomic mass is 16.5. The topological polar surface area (TPSA) is 62.7 Å². The second kappa shape index (κ2) is 8.43. The summed E-state index contributed by atoms with van der Waals surface area (Å²) in [6, 6.07) is 3.95. The van der Waals surface area contributed by atoms with Gasteiger partial charge in [-0.15, -0.1) is 0 Å². The molecular formula is C19H27N3O3. The van der Waals surface area contributed by atoms with Crippen LogP contribution in [-0.4, -0.2) is 58.9 Å². The third-order valence-electron chi connectivity index (χ3n) is 5.20. The van der Waals surface area contributed by atoms with Crippen LogP contribution in [0.2, 0.25) is 0 Å². The van der Waals surface area contributed by atoms with E-state index in [0.29, 0.717) is 26.3 Å². The Bertz CT molecular complexity index is 587. The summed E-state index contributed by atoms with van der Waals surface area (Å²) < 4.78 is 5.36. The summed E-state index contributed by atoms with van der Waals surface area (Å²) in [5.41, 5.74) is 1.02. The van der Waals surface area contributed by atoms with Gasteiger partial charge >= 0.3 is 0 Å². The third-order valence-corrected chi connectivity index (χ3v) is 5.20. The van der Waals surface area contributed by atoms with Gasteiger partial charge in [-0.05, 0) is 37.3 Å². The molecule has 0 spiro atoms. The van der Waals surface area contributed by atoms with Crippen LogP contribution in [0.3, 0.4) is 0 Å². The van der Waals surface area contributed by atoms with E-state index in [4.69, 9.17) is 4.74 Å². The summed E-state index contributed by atoms with van der Waals surface area (Å²) in [6.45, 7) is 4.94. The molecule has 0 aliphatic carbocycles. The van der Waals surface area contributed by atoms with Gasteiger partial charge in [-0.25, -0.2) is 0 Å². The average molecular weight is 345 g/mol. The Hall–Kier alpha value is -1.95. The number of pyridine rings is 1. The molecule has 2 saturated heterocycles. The lowest BCUT2D eigenvalue weighted by molar-refractivity contribution is -0.143. The number of carbonyl (C=O) groups excluding carboxylic acids is 2. The van der Waals surface area contributed by atoms with E-state index in [-0.39, 0.29) is 23.8 Å². The van der Waals surface area contributed by atoms with E-state index < -0.39 is 0 Å². The van der Waals surface area contributed by atoms with E-state index in [1.54, 1.807) is 19.3 Å². The lowest BCUT2D eigenvalue weighted by atomic mass is 9.96. The summed E-state index contributed by atoms with van der Waals surface area (Å²) in [4.78, 5) is 33.0. The molecule has 0 aromatic carbocycles. The van der Waals surface area contributed by atoms with Crippen LogP contribution in [0.5, 0.6) is 0 Å². The normalized spacial score (nSPS) is 21.8. The van der Waals surface area contributed by atoms with Crippen LogP contribution >= 0.6 is 0 Å². The monoisotopic (exact) mass is 345 g/mol. The van der Waals surface area contributed by atoms with Crippen molar-refractivity contribution in [3.05, 3.63) is 30.1 Å². The summed E-state index contributed by atoms with van der Waals surface area (Å²) in [5.74, 6) is 0.365. The molecule has 3 heterocycles. The van der Waals surface area contributed by atoms with Gasteiger partial charge in [-0.3, -0.25) is 14.6 Å². The summed E-state index contributed by atoms with van der Waals surface area (Å²) in [6.07, 6.45) is 7.03. The van der Waals surface area contributed by atoms with Crippen LogP contribution in [0.4, 0.5) is 0 Å². The van der Waals surface area contributed by atoms with Crippen LogP contribution in [0.25, 0.3) is 0 Å². The lowest BCUT2D eigenvalue weighted by Crippen LogP contribution is -2.52. The first-order chi connectivity index (χ1) is 12.1. The molecule has 1 aromatic rings. The molecule has 2 aliphatic heterocycles. The lowest BCUT2D eigenvalue weighted by Gasteiger charge is -2.40. The Kier molecular flexibility index (Phi) is 6.02. The van der Waals surface area contributed by atoms with Crippen LogP contribution in [0, 0.1) is 5.92 Å². The summed E-state index contributed by atoms with van der Waals surface area (Å²) in [5, 5.41) is 0. The highest BCUT2D eigenvalue weighted by Gasteiger charge is 2.33. The van der Waals surface area contributed by atoms with Crippen molar-refractivity contribution in [2.24, 2.45) is 5.92 Å². The smallest absolute Gasteiger partial charge is 0.225 e. The summed E-state index contributed by atoms with van der Waals surface area (Å²) >= 11 is 0. The number of nitrogens with zero attached hydrogens (tertiary/aromatic N) is 3. The number of hydrogen-bond donors (Lipinski definition) is 0. The first-order valence-electron chi connectivity index (χ1n) is 9.18. The van der Waals surface area contributed by atoms with E-state index in [9.17, 15) is 9.59 Å². The number of hydrogen-bond acceptors (Lipinski definition) is 4. The van der Waals surface area contributed by atoms with Crippen molar-refractivity contribution in [2.75, 3.05) is 26.3 Å². The summed E-state index contributed by atoms with van der Waals surface area (Å²) in [7, 11) is 0. The molecule has 3 rings (SSSR count). The van der Waals surface area contributed by atoms with Crippen LogP contribution in [0.1, 0.15) is 38.2 Å². The van der Waals surface area contributed by atoms with Crippen LogP contribution < -0.4 is 0 Å². The first kappa shape index (κ1) is 17.9. The van der Waals surface area contributed by atoms with Gasteiger partial charge in [-0.1, -0.05) is 6.07 Å². The molecule has 0 bridgehead atoms. The van der Waals surface area contributed by atoms with Gasteiger partial charge in [0.1, 0.15) is 0 Å². The number of amides is 2. The van der Waals surface area contributed by atoms with Crippen molar-refractivity contribution in [2.45, 2.75) is 45.2 Å². The zero-order valence-electron chi connectivity index (χ0n) is 14.9. The molecule has 1 aromatic heterocycles. The molecule has 136 valence electrons. The van der Waals surface area contributed by atoms with Crippen LogP contribution in [-0.2, 0) is 20.9 Å². The van der Waals surface area contributed by atoms with Gasteiger partial charge in [-0.2, -0.15) is 0 Å². The fourth-order valence-corrected chi connectivity index (χ4v) is 3.80. The Morgan fingerprint density at radius 3 is 2.80 bits per heavy atom. The van der Waals surface area contributed by atoms with Gasteiger partial charge in [0.25, 0.3) is 0 Å². The number of likely N-dealkylation sites (tertiary alicyclic amines) is 1. The number of aromatic nitrogens is 1. The van der Waals surface area contributed by atoms with Crippen LogP contribution in [0.15, 0.2) is 24.5 Å². The van der Waals surface area contributed by atoms with Gasteiger partial charge < -0.3 is 14.5 Å². The van der Waals surface area contributed by atoms with Crippen molar-refractivity contribution < 1.29 is 14.3 Å². The number of piperidine rings is 1. The van der Waals surface area contributed by atoms with Gasteiger partial charge in [0.15, 0.2) is 0 Å². The molecule has 1 unspecified atom stereocenters. The Morgan fingerprint density at radius 1 is 1.32 bits per heavy atom. The Balaban J connectivity index is 1.65. The van der Waals surface area contributed by atoms with E-state index in [1.807, 2.05) is 21.9 Å². The van der Waals surface area contributed by atoms with E-state index in [2.05, 4.69) is 4.98 Å². The van der Waals surface area contributed by atoms with Gasteiger partial charge in [0, 0.05) is 64.1 Å². The molecule has 25 heavy (non-hydrogen) atoms. The highest BCUT2D eigenvalue weighted by molar-refractivity contribution is 5.79. The molecule has 0 radical (unpaired) electrons. The SMILES string of the molecule is CC(=O)N(Cc1cccnc1)C1CCCN(C(=O)C2CCOCC2)C1. The van der Waals surface area contributed by atoms with Crippen molar-refractivity contribution in [1.29, 1.82) is 0 Å². The minimum absolute atomic E-state index is 0.0502. The van der Waals surface area contributed by atoms with Crippen molar-refractivity contribution >= 4 is 11.8 Å². The second-order valence-corrected chi connectivity index (χ2v) is 6.98. The molecule has 2 fully saturated rings. The Labute approximate surface area is 149 Å². The zero-order valence-corrected chi connectivity index (χ0v) is 14.9. The molecule has 6 nitrogen and oxygen atoms in total. The van der Waals surface area contributed by atoms with Gasteiger partial charge in [0.2, 0.25) is 11.8 Å². The molecule has 1 atom stereocenters. The third kappa shape index (κ3) is 4.57. The standard InChI is InChI=1S/C19H27N3O3/c1-15(23)22(13-16-4-2-8-20-12-16)18-5-3-9-21(14-18)19(24)17-6-10-25-11-7-17/h2,4,8,12,17-18H,3,5-7,9-11,13-14H2,1H3. The predicted octanol–water partition coefficient (Wildman–Crippen LogP) is 1.85. The maximum Gasteiger partial charge on any atom is 0.225 e. The first-order valence-corrected chi connectivity index (χ1v) is 9.18. The second-order valence-electron chi connectivity index (χ2n) is 6.98. The number of carbonyl (C=O) groups is 2. The molecule has 0 N–H and O–H groups in total. The zero-order chi connectivity index (χ0) is 17.6.